The molecule has 118 valence electrons. The largest absolute Gasteiger partial charge is 0.346 e. The van der Waals surface area contributed by atoms with Crippen molar-refractivity contribution in [2.75, 3.05) is 26.2 Å². The number of amides is 1. The highest BCUT2D eigenvalue weighted by Crippen LogP contribution is 2.29. The Kier molecular flexibility index (Phi) is 4.69. The van der Waals surface area contributed by atoms with E-state index in [4.69, 9.17) is 0 Å². The van der Waals surface area contributed by atoms with E-state index in [2.05, 4.69) is 48.5 Å². The molecule has 2 saturated heterocycles. The summed E-state index contributed by atoms with van der Waals surface area (Å²) in [7, 11) is 0. The van der Waals surface area contributed by atoms with Crippen LogP contribution in [0.4, 0.5) is 0 Å². The quantitative estimate of drug-likeness (QED) is 0.910. The minimum Gasteiger partial charge on any atom is -0.346 e. The lowest BCUT2D eigenvalue weighted by Crippen LogP contribution is -2.32. The second kappa shape index (κ2) is 6.01. The summed E-state index contributed by atoms with van der Waals surface area (Å²) in [6.45, 7) is 12.5. The Labute approximate surface area is 133 Å². The monoisotopic (exact) mass is 311 g/mol. The van der Waals surface area contributed by atoms with Crippen LogP contribution in [0.3, 0.4) is 0 Å². The minimum atomic E-state index is 0. The third kappa shape index (κ3) is 2.71. The Balaban J connectivity index is 0.00000161. The molecule has 0 saturated carbocycles. The lowest BCUT2D eigenvalue weighted by molar-refractivity contribution is 0.0781. The van der Waals surface area contributed by atoms with Crippen molar-refractivity contribution < 1.29 is 4.79 Å². The second-order valence-electron chi connectivity index (χ2n) is 6.64. The number of halogens is 1. The summed E-state index contributed by atoms with van der Waals surface area (Å²) >= 11 is 0. The maximum Gasteiger partial charge on any atom is 0.255 e. The molecule has 2 fully saturated rings. The molecule has 3 heterocycles. The Morgan fingerprint density at radius 2 is 1.81 bits per heavy atom. The lowest BCUT2D eigenvalue weighted by atomic mass is 10.0. The van der Waals surface area contributed by atoms with Gasteiger partial charge in [0.15, 0.2) is 0 Å². The number of hydrogen-bond donors (Lipinski definition) is 1. The summed E-state index contributed by atoms with van der Waals surface area (Å²) in [5, 5.41) is 3.42. The van der Waals surface area contributed by atoms with Crippen LogP contribution in [0, 0.1) is 25.7 Å². The molecule has 0 bridgehead atoms. The van der Waals surface area contributed by atoms with Crippen LogP contribution in [0.25, 0.3) is 0 Å². The average molecular weight is 312 g/mol. The van der Waals surface area contributed by atoms with Gasteiger partial charge in [-0.1, -0.05) is 0 Å². The summed E-state index contributed by atoms with van der Waals surface area (Å²) < 4.78 is 2.26. The number of likely N-dealkylation sites (tertiary alicyclic amines) is 1. The van der Waals surface area contributed by atoms with Crippen molar-refractivity contribution in [1.82, 2.24) is 14.8 Å². The maximum atomic E-state index is 12.8. The molecule has 2 aliphatic rings. The molecule has 0 aliphatic carbocycles. The molecule has 0 radical (unpaired) electrons. The number of fused-ring (bicyclic) bond motifs is 1. The zero-order chi connectivity index (χ0) is 14.4. The molecule has 5 heteroatoms. The van der Waals surface area contributed by atoms with Gasteiger partial charge in [-0.2, -0.15) is 0 Å². The van der Waals surface area contributed by atoms with E-state index in [1.54, 1.807) is 0 Å². The van der Waals surface area contributed by atoms with Gasteiger partial charge in [0.1, 0.15) is 0 Å². The molecular weight excluding hydrogens is 286 g/mol. The standard InChI is InChI=1S/C16H25N3O.ClH/c1-10(2)19-11(3)5-15(12(19)4)16(20)18-8-13-6-17-7-14(13)9-18;/h5,10,13-14,17H,6-9H2,1-4H3;1H/t13-,14+;. The first-order valence-electron chi connectivity index (χ1n) is 7.67. The van der Waals surface area contributed by atoms with Crippen LogP contribution >= 0.6 is 12.4 Å². The van der Waals surface area contributed by atoms with Gasteiger partial charge in [0.2, 0.25) is 0 Å². The highest BCUT2D eigenvalue weighted by atomic mass is 35.5. The van der Waals surface area contributed by atoms with Gasteiger partial charge in [-0.15, -0.1) is 12.4 Å². The summed E-state index contributed by atoms with van der Waals surface area (Å²) in [6.07, 6.45) is 0. The van der Waals surface area contributed by atoms with Crippen molar-refractivity contribution in [3.63, 3.8) is 0 Å². The summed E-state index contributed by atoms with van der Waals surface area (Å²) in [6, 6.07) is 2.46. The number of carbonyl (C=O) groups is 1. The van der Waals surface area contributed by atoms with E-state index >= 15 is 0 Å². The molecule has 4 nitrogen and oxygen atoms in total. The molecule has 2 atom stereocenters. The second-order valence-corrected chi connectivity index (χ2v) is 6.64. The Morgan fingerprint density at radius 3 is 2.29 bits per heavy atom. The molecule has 21 heavy (non-hydrogen) atoms. The number of nitrogens with zero attached hydrogens (tertiary/aromatic N) is 2. The highest BCUT2D eigenvalue weighted by Gasteiger charge is 2.38. The predicted molar refractivity (Wildman–Crippen MR) is 87.3 cm³/mol. The molecule has 1 amide bonds. The van der Waals surface area contributed by atoms with Gasteiger partial charge in [0, 0.05) is 43.6 Å². The highest BCUT2D eigenvalue weighted by molar-refractivity contribution is 5.96. The zero-order valence-corrected chi connectivity index (χ0v) is 14.2. The van der Waals surface area contributed by atoms with Crippen molar-refractivity contribution in [2.24, 2.45) is 11.8 Å². The number of nitrogens with one attached hydrogen (secondary N) is 1. The number of rotatable bonds is 2. The minimum absolute atomic E-state index is 0. The molecular formula is C16H26ClN3O. The molecule has 0 aromatic carbocycles. The average Bonchev–Trinajstić information content (AvgIpc) is 3.00. The van der Waals surface area contributed by atoms with Gasteiger partial charge < -0.3 is 14.8 Å². The van der Waals surface area contributed by atoms with Crippen molar-refractivity contribution in [3.8, 4) is 0 Å². The maximum absolute atomic E-state index is 12.8. The van der Waals surface area contributed by atoms with Crippen LogP contribution in [0.1, 0.15) is 41.6 Å². The van der Waals surface area contributed by atoms with Gasteiger partial charge in [-0.3, -0.25) is 4.79 Å². The van der Waals surface area contributed by atoms with Crippen molar-refractivity contribution >= 4 is 18.3 Å². The molecule has 0 unspecified atom stereocenters. The fraction of sp³-hybridized carbons (Fsp3) is 0.688. The summed E-state index contributed by atoms with van der Waals surface area (Å²) in [5.74, 6) is 1.54. The van der Waals surface area contributed by atoms with Crippen LogP contribution in [0.5, 0.6) is 0 Å². The van der Waals surface area contributed by atoms with Crippen LogP contribution in [0.2, 0.25) is 0 Å². The van der Waals surface area contributed by atoms with Gasteiger partial charge in [-0.05, 0) is 45.6 Å². The fourth-order valence-electron chi connectivity index (χ4n) is 3.98. The Morgan fingerprint density at radius 1 is 1.24 bits per heavy atom. The molecule has 1 aromatic rings. The van der Waals surface area contributed by atoms with E-state index in [-0.39, 0.29) is 18.3 Å². The van der Waals surface area contributed by atoms with E-state index in [0.29, 0.717) is 17.9 Å². The molecule has 1 N–H and O–H groups in total. The SMILES string of the molecule is Cc1cc(C(=O)N2C[C@H]3CNC[C@H]3C2)c(C)n1C(C)C.Cl. The predicted octanol–water partition coefficient (Wildman–Crippen LogP) is 2.40. The molecule has 3 rings (SSSR count). The van der Waals surface area contributed by atoms with E-state index < -0.39 is 0 Å². The first-order valence-corrected chi connectivity index (χ1v) is 7.67. The molecule has 2 aliphatic heterocycles. The van der Waals surface area contributed by atoms with Crippen molar-refractivity contribution in [2.45, 2.75) is 33.7 Å². The zero-order valence-electron chi connectivity index (χ0n) is 13.3. The third-order valence-corrected chi connectivity index (χ3v) is 4.91. The molecule has 1 aromatic heterocycles. The van der Waals surface area contributed by atoms with E-state index in [9.17, 15) is 4.79 Å². The van der Waals surface area contributed by atoms with Crippen LogP contribution in [0.15, 0.2) is 6.07 Å². The topological polar surface area (TPSA) is 37.3 Å². The molecule has 0 spiro atoms. The van der Waals surface area contributed by atoms with Crippen molar-refractivity contribution in [3.05, 3.63) is 23.0 Å². The van der Waals surface area contributed by atoms with E-state index in [1.165, 1.54) is 5.69 Å². The van der Waals surface area contributed by atoms with Gasteiger partial charge in [0.05, 0.1) is 5.56 Å². The van der Waals surface area contributed by atoms with Crippen molar-refractivity contribution in [1.29, 1.82) is 0 Å². The van der Waals surface area contributed by atoms with Crippen LogP contribution < -0.4 is 5.32 Å². The smallest absolute Gasteiger partial charge is 0.255 e. The number of hydrogen-bond acceptors (Lipinski definition) is 2. The summed E-state index contributed by atoms with van der Waals surface area (Å²) in [5.41, 5.74) is 3.18. The normalized spacial score (nSPS) is 24.3. The number of aromatic nitrogens is 1. The summed E-state index contributed by atoms with van der Waals surface area (Å²) in [4.78, 5) is 14.8. The van der Waals surface area contributed by atoms with Gasteiger partial charge in [0.25, 0.3) is 5.91 Å². The van der Waals surface area contributed by atoms with E-state index in [0.717, 1.165) is 37.4 Å². The van der Waals surface area contributed by atoms with Crippen LogP contribution in [-0.4, -0.2) is 41.6 Å². The fourth-order valence-corrected chi connectivity index (χ4v) is 3.98. The number of aryl methyl sites for hydroxylation is 1. The lowest BCUT2D eigenvalue weighted by Gasteiger charge is -2.18. The van der Waals surface area contributed by atoms with E-state index in [1.807, 2.05) is 0 Å². The van der Waals surface area contributed by atoms with Gasteiger partial charge >= 0.3 is 0 Å². The van der Waals surface area contributed by atoms with Gasteiger partial charge in [-0.25, -0.2) is 0 Å². The Hall–Kier alpha value is -1.000. The number of carbonyl (C=O) groups excluding carboxylic acids is 1. The Bertz CT molecular complexity index is 526. The first kappa shape index (κ1) is 16.4. The third-order valence-electron chi connectivity index (χ3n) is 4.91. The first-order chi connectivity index (χ1) is 9.49. The van der Waals surface area contributed by atoms with Crippen LogP contribution in [-0.2, 0) is 0 Å².